The van der Waals surface area contributed by atoms with Crippen molar-refractivity contribution in [1.82, 2.24) is 10.2 Å². The van der Waals surface area contributed by atoms with E-state index in [0.29, 0.717) is 32.7 Å². The minimum absolute atomic E-state index is 0.199. The molecular formula is C17H23N3O4. The molecule has 1 aromatic rings. The Morgan fingerprint density at radius 1 is 1.21 bits per heavy atom. The second-order valence-corrected chi connectivity index (χ2v) is 6.16. The summed E-state index contributed by atoms with van der Waals surface area (Å²) >= 11 is 0. The summed E-state index contributed by atoms with van der Waals surface area (Å²) in [5.74, 6) is -1.28. The average Bonchev–Trinajstić information content (AvgIpc) is 3.11. The number of ether oxygens (including phenoxy) is 1. The van der Waals surface area contributed by atoms with Gasteiger partial charge >= 0.3 is 12.0 Å². The van der Waals surface area contributed by atoms with Crippen LogP contribution in [-0.4, -0.2) is 61.4 Å². The van der Waals surface area contributed by atoms with Crippen LogP contribution in [0.25, 0.3) is 0 Å². The van der Waals surface area contributed by atoms with Crippen LogP contribution in [0.5, 0.6) is 0 Å². The molecule has 0 radical (unpaired) electrons. The zero-order valence-corrected chi connectivity index (χ0v) is 13.6. The number of amides is 2. The third kappa shape index (κ3) is 3.79. The lowest BCUT2D eigenvalue weighted by molar-refractivity contribution is -0.141. The Labute approximate surface area is 141 Å². The number of urea groups is 1. The van der Waals surface area contributed by atoms with Crippen molar-refractivity contribution in [1.29, 1.82) is 0 Å². The largest absolute Gasteiger partial charge is 0.481 e. The fourth-order valence-electron chi connectivity index (χ4n) is 3.20. The van der Waals surface area contributed by atoms with Crippen LogP contribution in [0.15, 0.2) is 24.3 Å². The molecule has 0 bridgehead atoms. The molecule has 1 atom stereocenters. The zero-order valence-electron chi connectivity index (χ0n) is 13.6. The minimum Gasteiger partial charge on any atom is -0.481 e. The van der Waals surface area contributed by atoms with Crippen LogP contribution >= 0.6 is 0 Å². The van der Waals surface area contributed by atoms with Gasteiger partial charge in [0.2, 0.25) is 0 Å². The maximum Gasteiger partial charge on any atom is 0.317 e. The maximum atomic E-state index is 12.3. The first-order valence-electron chi connectivity index (χ1n) is 8.31. The van der Waals surface area contributed by atoms with E-state index >= 15 is 0 Å². The van der Waals surface area contributed by atoms with Crippen LogP contribution in [0.2, 0.25) is 0 Å². The summed E-state index contributed by atoms with van der Waals surface area (Å²) in [6.45, 7) is 4.33. The van der Waals surface area contributed by atoms with Crippen LogP contribution in [0.4, 0.5) is 10.5 Å². The lowest BCUT2D eigenvalue weighted by Crippen LogP contribution is -2.40. The van der Waals surface area contributed by atoms with Gasteiger partial charge in [-0.3, -0.25) is 4.79 Å². The Kier molecular flexibility index (Phi) is 5.20. The highest BCUT2D eigenvalue weighted by Gasteiger charge is 2.30. The van der Waals surface area contributed by atoms with Gasteiger partial charge in [-0.15, -0.1) is 0 Å². The number of hydrogen-bond donors (Lipinski definition) is 2. The van der Waals surface area contributed by atoms with Crippen molar-refractivity contribution in [3.05, 3.63) is 29.8 Å². The molecule has 24 heavy (non-hydrogen) atoms. The number of aliphatic carboxylic acids is 1. The van der Waals surface area contributed by atoms with Gasteiger partial charge in [0.05, 0.1) is 19.1 Å². The minimum atomic E-state index is -0.831. The van der Waals surface area contributed by atoms with Gasteiger partial charge in [0.25, 0.3) is 0 Å². The van der Waals surface area contributed by atoms with Gasteiger partial charge in [-0.25, -0.2) is 4.79 Å². The van der Waals surface area contributed by atoms with E-state index in [9.17, 15) is 9.59 Å². The van der Waals surface area contributed by atoms with Crippen molar-refractivity contribution < 1.29 is 19.4 Å². The third-order valence-electron chi connectivity index (χ3n) is 4.60. The molecule has 2 saturated heterocycles. The van der Waals surface area contributed by atoms with Crippen molar-refractivity contribution in [3.8, 4) is 0 Å². The second kappa shape index (κ2) is 7.53. The summed E-state index contributed by atoms with van der Waals surface area (Å²) < 4.78 is 5.39. The van der Waals surface area contributed by atoms with E-state index in [1.54, 1.807) is 4.90 Å². The molecule has 0 saturated carbocycles. The highest BCUT2D eigenvalue weighted by atomic mass is 16.5. The fourth-order valence-corrected chi connectivity index (χ4v) is 3.20. The number of anilines is 1. The van der Waals surface area contributed by atoms with Crippen LogP contribution in [0.3, 0.4) is 0 Å². The van der Waals surface area contributed by atoms with E-state index in [1.165, 1.54) is 0 Å². The standard InChI is InChI=1S/C17H23N3O4/c21-16(22)14-5-6-20(12-14)17(23)18-11-13-3-1-2-4-15(13)19-7-9-24-10-8-19/h1-4,14H,5-12H2,(H,18,23)(H,21,22). The molecule has 2 N–H and O–H groups in total. The number of nitrogens with one attached hydrogen (secondary N) is 1. The molecule has 2 aliphatic heterocycles. The smallest absolute Gasteiger partial charge is 0.317 e. The van der Waals surface area contributed by atoms with Gasteiger partial charge in [0, 0.05) is 38.4 Å². The number of carboxylic acid groups (broad SMARTS) is 1. The predicted octanol–water partition coefficient (Wildman–Crippen LogP) is 1.14. The maximum absolute atomic E-state index is 12.3. The molecule has 0 aliphatic carbocycles. The highest BCUT2D eigenvalue weighted by molar-refractivity contribution is 5.77. The third-order valence-corrected chi connectivity index (χ3v) is 4.60. The van der Waals surface area contributed by atoms with E-state index in [2.05, 4.69) is 16.3 Å². The lowest BCUT2D eigenvalue weighted by Gasteiger charge is -2.30. The fraction of sp³-hybridized carbons (Fsp3) is 0.529. The summed E-state index contributed by atoms with van der Waals surface area (Å²) in [5.41, 5.74) is 2.17. The molecule has 7 heteroatoms. The normalized spacial score (nSPS) is 20.9. The van der Waals surface area contributed by atoms with Gasteiger partial charge < -0.3 is 25.0 Å². The van der Waals surface area contributed by atoms with Crippen LogP contribution < -0.4 is 10.2 Å². The molecule has 2 amide bonds. The molecule has 2 fully saturated rings. The topological polar surface area (TPSA) is 82.1 Å². The number of hydrogen-bond acceptors (Lipinski definition) is 4. The highest BCUT2D eigenvalue weighted by Crippen LogP contribution is 2.22. The van der Waals surface area contributed by atoms with Crippen LogP contribution in [0, 0.1) is 5.92 Å². The average molecular weight is 333 g/mol. The van der Waals surface area contributed by atoms with Crippen molar-refractivity contribution in [2.45, 2.75) is 13.0 Å². The molecule has 0 spiro atoms. The first-order valence-corrected chi connectivity index (χ1v) is 8.31. The van der Waals surface area contributed by atoms with Gasteiger partial charge in [-0.05, 0) is 18.1 Å². The lowest BCUT2D eigenvalue weighted by atomic mass is 10.1. The number of para-hydroxylation sites is 1. The van der Waals surface area contributed by atoms with E-state index < -0.39 is 11.9 Å². The first-order chi connectivity index (χ1) is 11.6. The molecule has 2 aliphatic rings. The Balaban J connectivity index is 1.58. The molecule has 130 valence electrons. The predicted molar refractivity (Wildman–Crippen MR) is 89.0 cm³/mol. The molecule has 1 aromatic carbocycles. The van der Waals surface area contributed by atoms with E-state index in [-0.39, 0.29) is 12.6 Å². The molecule has 1 unspecified atom stereocenters. The Bertz CT molecular complexity index is 601. The van der Waals surface area contributed by atoms with Crippen LogP contribution in [0.1, 0.15) is 12.0 Å². The summed E-state index contributed by atoms with van der Waals surface area (Å²) in [6.07, 6.45) is 0.521. The quantitative estimate of drug-likeness (QED) is 0.863. The number of benzene rings is 1. The summed E-state index contributed by atoms with van der Waals surface area (Å²) in [5, 5.41) is 11.9. The molecule has 2 heterocycles. The SMILES string of the molecule is O=C(O)C1CCN(C(=O)NCc2ccccc2N2CCOCC2)C1. The molecule has 3 rings (SSSR count). The van der Waals surface area contributed by atoms with Gasteiger partial charge in [-0.2, -0.15) is 0 Å². The number of carbonyl (C=O) groups is 2. The van der Waals surface area contributed by atoms with Crippen molar-refractivity contribution in [3.63, 3.8) is 0 Å². The molecule has 7 nitrogen and oxygen atoms in total. The number of likely N-dealkylation sites (tertiary alicyclic amines) is 1. The number of carboxylic acids is 1. The Hall–Kier alpha value is -2.28. The summed E-state index contributed by atoms with van der Waals surface area (Å²) in [7, 11) is 0. The van der Waals surface area contributed by atoms with E-state index in [1.807, 2.05) is 18.2 Å². The summed E-state index contributed by atoms with van der Waals surface area (Å²) in [4.78, 5) is 27.1. The number of nitrogens with zero attached hydrogens (tertiary/aromatic N) is 2. The van der Waals surface area contributed by atoms with Gasteiger partial charge in [-0.1, -0.05) is 18.2 Å². The molecular weight excluding hydrogens is 310 g/mol. The van der Waals surface area contributed by atoms with E-state index in [4.69, 9.17) is 9.84 Å². The zero-order chi connectivity index (χ0) is 16.9. The first kappa shape index (κ1) is 16.6. The Morgan fingerprint density at radius 3 is 2.67 bits per heavy atom. The number of morpholine rings is 1. The Morgan fingerprint density at radius 2 is 1.96 bits per heavy atom. The monoisotopic (exact) mass is 333 g/mol. The second-order valence-electron chi connectivity index (χ2n) is 6.16. The number of carbonyl (C=O) groups excluding carboxylic acids is 1. The summed E-state index contributed by atoms with van der Waals surface area (Å²) in [6, 6.07) is 7.82. The van der Waals surface area contributed by atoms with E-state index in [0.717, 1.165) is 24.3 Å². The van der Waals surface area contributed by atoms with Crippen molar-refractivity contribution in [2.75, 3.05) is 44.3 Å². The van der Waals surface area contributed by atoms with Gasteiger partial charge in [0.15, 0.2) is 0 Å². The van der Waals surface area contributed by atoms with Crippen molar-refractivity contribution >= 4 is 17.7 Å². The molecule has 0 aromatic heterocycles. The van der Waals surface area contributed by atoms with Crippen LogP contribution in [-0.2, 0) is 16.1 Å². The number of rotatable bonds is 4. The van der Waals surface area contributed by atoms with Crippen molar-refractivity contribution in [2.24, 2.45) is 5.92 Å². The van der Waals surface area contributed by atoms with Gasteiger partial charge in [0.1, 0.15) is 0 Å².